The highest BCUT2D eigenvalue weighted by atomic mass is 16.5. The molecule has 4 unspecified atom stereocenters. The Balaban J connectivity index is 1.56. The molecule has 0 saturated carbocycles. The van der Waals surface area contributed by atoms with Crippen molar-refractivity contribution in [2.75, 3.05) is 6.54 Å². The summed E-state index contributed by atoms with van der Waals surface area (Å²) in [7, 11) is 0. The highest BCUT2D eigenvalue weighted by Crippen LogP contribution is 2.44. The first kappa shape index (κ1) is 12.5. The number of fused-ring (bicyclic) bond motifs is 5. The largest absolute Gasteiger partial charge is 0.365 e. The summed E-state index contributed by atoms with van der Waals surface area (Å²) in [5.74, 6) is -1.69. The van der Waals surface area contributed by atoms with Gasteiger partial charge in [-0.2, -0.15) is 0 Å². The van der Waals surface area contributed by atoms with E-state index in [0.29, 0.717) is 5.56 Å². The first-order valence-electron chi connectivity index (χ1n) is 6.94. The Hall–Kier alpha value is -2.27. The lowest BCUT2D eigenvalue weighted by molar-refractivity contribution is -0.141. The summed E-state index contributed by atoms with van der Waals surface area (Å²) in [5, 5.41) is 0. The number of ether oxygens (including phenoxy) is 1. The normalized spacial score (nSPS) is 32.9. The molecule has 106 valence electrons. The fourth-order valence-electron chi connectivity index (χ4n) is 3.38. The van der Waals surface area contributed by atoms with Crippen molar-refractivity contribution in [3.8, 4) is 0 Å². The molecule has 0 spiro atoms. The standard InChI is InChI=1S/C16H13NO4/c18-10(9-4-2-1-3-5-9)8-17-15(19)13-11-6-7-12(21-11)14(13)16(17)20/h1-7,11-14H,8H2. The van der Waals surface area contributed by atoms with Crippen molar-refractivity contribution >= 4 is 17.6 Å². The van der Waals surface area contributed by atoms with E-state index in [4.69, 9.17) is 4.74 Å². The van der Waals surface area contributed by atoms with Gasteiger partial charge >= 0.3 is 0 Å². The minimum Gasteiger partial charge on any atom is -0.365 e. The molecule has 0 aliphatic carbocycles. The van der Waals surface area contributed by atoms with Gasteiger partial charge in [-0.25, -0.2) is 0 Å². The number of benzene rings is 1. The lowest BCUT2D eigenvalue weighted by atomic mass is 9.85. The molecular formula is C16H13NO4. The third-order valence-corrected chi connectivity index (χ3v) is 4.40. The van der Waals surface area contributed by atoms with Crippen LogP contribution in [0.25, 0.3) is 0 Å². The number of Topliss-reactive ketones (excluding diaryl/α,β-unsaturated/α-hetero) is 1. The maximum absolute atomic E-state index is 12.4. The highest BCUT2D eigenvalue weighted by Gasteiger charge is 2.60. The molecule has 0 aromatic heterocycles. The van der Waals surface area contributed by atoms with Crippen LogP contribution in [-0.4, -0.2) is 41.3 Å². The Morgan fingerprint density at radius 3 is 2.14 bits per heavy atom. The van der Waals surface area contributed by atoms with Gasteiger partial charge in [-0.1, -0.05) is 42.5 Å². The molecule has 3 heterocycles. The quantitative estimate of drug-likeness (QED) is 0.468. The Morgan fingerprint density at radius 1 is 1.00 bits per heavy atom. The molecule has 2 bridgehead atoms. The number of hydrogen-bond acceptors (Lipinski definition) is 4. The van der Waals surface area contributed by atoms with E-state index in [2.05, 4.69) is 0 Å². The Kier molecular flexibility index (Phi) is 2.59. The van der Waals surface area contributed by atoms with Crippen LogP contribution in [0.4, 0.5) is 0 Å². The first-order chi connectivity index (χ1) is 10.2. The van der Waals surface area contributed by atoms with Crippen LogP contribution >= 0.6 is 0 Å². The first-order valence-corrected chi connectivity index (χ1v) is 6.94. The summed E-state index contributed by atoms with van der Waals surface area (Å²) >= 11 is 0. The summed E-state index contributed by atoms with van der Waals surface area (Å²) in [5.41, 5.74) is 0.507. The number of carbonyl (C=O) groups is 3. The number of amides is 2. The number of ketones is 1. The molecule has 5 heteroatoms. The van der Waals surface area contributed by atoms with Gasteiger partial charge in [-0.3, -0.25) is 19.3 Å². The second-order valence-electron chi connectivity index (χ2n) is 5.55. The molecule has 1 aromatic carbocycles. The summed E-state index contributed by atoms with van der Waals surface area (Å²) in [6.07, 6.45) is 3.04. The van der Waals surface area contributed by atoms with Crippen LogP contribution < -0.4 is 0 Å². The molecular weight excluding hydrogens is 270 g/mol. The average molecular weight is 283 g/mol. The second-order valence-corrected chi connectivity index (χ2v) is 5.55. The molecule has 2 amide bonds. The molecule has 3 aliphatic heterocycles. The van der Waals surface area contributed by atoms with Crippen molar-refractivity contribution in [2.45, 2.75) is 12.2 Å². The van der Waals surface area contributed by atoms with Crippen LogP contribution in [-0.2, 0) is 14.3 Å². The van der Waals surface area contributed by atoms with Gasteiger partial charge < -0.3 is 4.74 Å². The van der Waals surface area contributed by atoms with E-state index >= 15 is 0 Å². The molecule has 1 aromatic rings. The number of carbonyl (C=O) groups excluding carboxylic acids is 3. The smallest absolute Gasteiger partial charge is 0.236 e. The fourth-order valence-corrected chi connectivity index (χ4v) is 3.38. The van der Waals surface area contributed by atoms with Crippen molar-refractivity contribution in [3.63, 3.8) is 0 Å². The van der Waals surface area contributed by atoms with Gasteiger partial charge in [0.05, 0.1) is 30.6 Å². The van der Waals surface area contributed by atoms with Crippen molar-refractivity contribution in [1.82, 2.24) is 4.90 Å². The summed E-state index contributed by atoms with van der Waals surface area (Å²) in [6.45, 7) is -0.186. The van der Waals surface area contributed by atoms with Crippen molar-refractivity contribution < 1.29 is 19.1 Å². The van der Waals surface area contributed by atoms with E-state index in [1.165, 1.54) is 0 Å². The molecule has 2 fully saturated rings. The molecule has 4 rings (SSSR count). The molecule has 0 radical (unpaired) electrons. The maximum Gasteiger partial charge on any atom is 0.236 e. The second kappa shape index (κ2) is 4.36. The zero-order valence-electron chi connectivity index (χ0n) is 11.1. The number of nitrogens with zero attached hydrogens (tertiary/aromatic N) is 1. The zero-order chi connectivity index (χ0) is 14.6. The van der Waals surface area contributed by atoms with E-state index in [1.54, 1.807) is 24.3 Å². The summed E-state index contributed by atoms with van der Waals surface area (Å²) < 4.78 is 5.55. The van der Waals surface area contributed by atoms with Crippen molar-refractivity contribution in [3.05, 3.63) is 48.0 Å². The van der Waals surface area contributed by atoms with Gasteiger partial charge in [0.1, 0.15) is 0 Å². The van der Waals surface area contributed by atoms with Crippen LogP contribution in [0.15, 0.2) is 42.5 Å². The third kappa shape index (κ3) is 1.70. The predicted octanol–water partition coefficient (Wildman–Crippen LogP) is 0.808. The zero-order valence-corrected chi connectivity index (χ0v) is 11.1. The number of hydrogen-bond donors (Lipinski definition) is 0. The van der Waals surface area contributed by atoms with Crippen LogP contribution in [0.3, 0.4) is 0 Å². The molecule has 3 aliphatic rings. The third-order valence-electron chi connectivity index (χ3n) is 4.40. The summed E-state index contributed by atoms with van der Waals surface area (Å²) in [6, 6.07) is 8.69. The number of imide groups is 1. The van der Waals surface area contributed by atoms with Crippen LogP contribution in [0.5, 0.6) is 0 Å². The Bertz CT molecular complexity index is 636. The number of likely N-dealkylation sites (tertiary alicyclic amines) is 1. The summed E-state index contributed by atoms with van der Waals surface area (Å²) in [4.78, 5) is 38.1. The van der Waals surface area contributed by atoms with Crippen LogP contribution in [0, 0.1) is 11.8 Å². The monoisotopic (exact) mass is 283 g/mol. The van der Waals surface area contributed by atoms with Crippen molar-refractivity contribution in [2.24, 2.45) is 11.8 Å². The number of rotatable bonds is 3. The predicted molar refractivity (Wildman–Crippen MR) is 72.3 cm³/mol. The minimum absolute atomic E-state index is 0.186. The van der Waals surface area contributed by atoms with Gasteiger partial charge in [0, 0.05) is 5.56 Å². The SMILES string of the molecule is O=C(CN1C(=O)C2C3C=CC(O3)C2C1=O)c1ccccc1. The lowest BCUT2D eigenvalue weighted by Crippen LogP contribution is -2.38. The van der Waals surface area contributed by atoms with E-state index in [0.717, 1.165) is 4.90 Å². The van der Waals surface area contributed by atoms with Gasteiger partial charge in [-0.05, 0) is 0 Å². The molecule has 5 nitrogen and oxygen atoms in total. The molecule has 0 N–H and O–H groups in total. The Morgan fingerprint density at radius 2 is 1.57 bits per heavy atom. The molecule has 21 heavy (non-hydrogen) atoms. The van der Waals surface area contributed by atoms with Crippen LogP contribution in [0.2, 0.25) is 0 Å². The van der Waals surface area contributed by atoms with E-state index < -0.39 is 11.8 Å². The van der Waals surface area contributed by atoms with E-state index in [1.807, 2.05) is 18.2 Å². The topological polar surface area (TPSA) is 63.7 Å². The maximum atomic E-state index is 12.4. The van der Waals surface area contributed by atoms with E-state index in [9.17, 15) is 14.4 Å². The van der Waals surface area contributed by atoms with Gasteiger partial charge in [0.2, 0.25) is 11.8 Å². The van der Waals surface area contributed by atoms with E-state index in [-0.39, 0.29) is 36.4 Å². The minimum atomic E-state index is -0.448. The highest BCUT2D eigenvalue weighted by molar-refractivity contribution is 6.10. The lowest BCUT2D eigenvalue weighted by Gasteiger charge is -2.16. The van der Waals surface area contributed by atoms with Gasteiger partial charge in [-0.15, -0.1) is 0 Å². The van der Waals surface area contributed by atoms with Crippen molar-refractivity contribution in [1.29, 1.82) is 0 Å². The molecule has 4 atom stereocenters. The average Bonchev–Trinajstić information content (AvgIpc) is 3.18. The molecule has 2 saturated heterocycles. The fraction of sp³-hybridized carbons (Fsp3) is 0.312. The Labute approximate surface area is 121 Å². The van der Waals surface area contributed by atoms with Crippen LogP contribution in [0.1, 0.15) is 10.4 Å². The van der Waals surface area contributed by atoms with Gasteiger partial charge in [0.25, 0.3) is 0 Å². The van der Waals surface area contributed by atoms with Gasteiger partial charge in [0.15, 0.2) is 5.78 Å².